The van der Waals surface area contributed by atoms with Crippen molar-refractivity contribution in [2.24, 2.45) is 21.1 Å². The predicted octanol–water partition coefficient (Wildman–Crippen LogP) is 0.622. The van der Waals surface area contributed by atoms with E-state index in [0.717, 1.165) is 16.7 Å². The van der Waals surface area contributed by atoms with Crippen molar-refractivity contribution >= 4 is 22.9 Å². The molecule has 0 unspecified atom stereocenters. The third kappa shape index (κ3) is 2.77. The normalized spacial score (nSPS) is 14.4. The number of hydrogen-bond donors (Lipinski definition) is 0. The molecule has 0 aliphatic heterocycles. The Bertz CT molecular complexity index is 1090. The van der Waals surface area contributed by atoms with E-state index in [0.29, 0.717) is 30.0 Å². The highest BCUT2D eigenvalue weighted by Gasteiger charge is 2.29. The molecule has 3 heterocycles. The third-order valence-corrected chi connectivity index (χ3v) is 5.88. The molecule has 138 valence electrons. The van der Waals surface area contributed by atoms with Gasteiger partial charge < -0.3 is 9.13 Å². The van der Waals surface area contributed by atoms with Crippen molar-refractivity contribution in [3.05, 3.63) is 33.0 Å². The van der Waals surface area contributed by atoms with Gasteiger partial charge in [-0.25, -0.2) is 9.78 Å². The second-order valence-corrected chi connectivity index (χ2v) is 7.76. The molecule has 0 bridgehead atoms. The molecular weight excluding hydrogens is 354 g/mol. The van der Waals surface area contributed by atoms with Gasteiger partial charge in [-0.15, -0.1) is 10.2 Å². The van der Waals surface area contributed by atoms with Gasteiger partial charge in [-0.05, 0) is 19.3 Å². The fourth-order valence-corrected chi connectivity index (χ4v) is 3.97. The third-order valence-electron chi connectivity index (χ3n) is 4.77. The van der Waals surface area contributed by atoms with Crippen molar-refractivity contribution in [1.82, 2.24) is 33.4 Å². The van der Waals surface area contributed by atoms with Crippen molar-refractivity contribution in [3.63, 3.8) is 0 Å². The Morgan fingerprint density at radius 1 is 1.15 bits per heavy atom. The predicted molar refractivity (Wildman–Crippen MR) is 98.5 cm³/mol. The molecule has 1 saturated carbocycles. The lowest BCUT2D eigenvalue weighted by molar-refractivity contribution is 0.593. The van der Waals surface area contributed by atoms with Gasteiger partial charge in [0, 0.05) is 39.4 Å². The molecule has 26 heavy (non-hydrogen) atoms. The van der Waals surface area contributed by atoms with Crippen LogP contribution in [0.2, 0.25) is 0 Å². The van der Waals surface area contributed by atoms with Crippen molar-refractivity contribution in [1.29, 1.82) is 0 Å². The average Bonchev–Trinajstić information content (AvgIpc) is 3.29. The van der Waals surface area contributed by atoms with Gasteiger partial charge >= 0.3 is 5.69 Å². The highest BCUT2D eigenvalue weighted by molar-refractivity contribution is 7.99. The quantitative estimate of drug-likeness (QED) is 0.463. The summed E-state index contributed by atoms with van der Waals surface area (Å²) in [5, 5.41) is 9.40. The molecule has 0 saturated heterocycles. The summed E-state index contributed by atoms with van der Waals surface area (Å²) >= 11 is 1.60. The van der Waals surface area contributed by atoms with Gasteiger partial charge in [-0.3, -0.25) is 13.9 Å². The fourth-order valence-electron chi connectivity index (χ4n) is 3.13. The second-order valence-electron chi connectivity index (χ2n) is 6.70. The van der Waals surface area contributed by atoms with Crippen molar-refractivity contribution in [3.8, 4) is 0 Å². The summed E-state index contributed by atoms with van der Waals surface area (Å²) in [6.07, 6.45) is 4.63. The zero-order valence-electron chi connectivity index (χ0n) is 15.0. The van der Waals surface area contributed by atoms with Gasteiger partial charge in [0.15, 0.2) is 16.3 Å². The monoisotopic (exact) mass is 375 g/mol. The summed E-state index contributed by atoms with van der Waals surface area (Å²) in [6.45, 7) is 0.368. The number of aryl methyl sites for hydroxylation is 2. The van der Waals surface area contributed by atoms with Crippen LogP contribution in [-0.4, -0.2) is 39.2 Å². The van der Waals surface area contributed by atoms with Crippen LogP contribution in [0, 0.1) is 0 Å². The zero-order chi connectivity index (χ0) is 18.4. The van der Waals surface area contributed by atoms with Gasteiger partial charge in [0.1, 0.15) is 5.82 Å². The van der Waals surface area contributed by atoms with Crippen LogP contribution in [0.5, 0.6) is 0 Å². The first kappa shape index (κ1) is 17.1. The standard InChI is InChI=1S/C16H21N7O2S/c1-20-9-17-13-11(20)14(24)23(16(25)22(13)3)7-4-8-26-15-19-18-12(21(15)2)10-5-6-10/h9-10H,4-8H2,1-3H3. The van der Waals surface area contributed by atoms with E-state index in [1.165, 1.54) is 22.0 Å². The molecule has 1 aliphatic carbocycles. The summed E-state index contributed by atoms with van der Waals surface area (Å²) in [5.41, 5.74) is 0.241. The number of hydrogen-bond acceptors (Lipinski definition) is 6. The molecule has 3 aromatic heterocycles. The van der Waals surface area contributed by atoms with Crippen LogP contribution in [0.25, 0.3) is 11.2 Å². The lowest BCUT2D eigenvalue weighted by atomic mass is 10.4. The molecule has 1 fully saturated rings. The maximum absolute atomic E-state index is 12.6. The van der Waals surface area contributed by atoms with Crippen LogP contribution < -0.4 is 11.2 Å². The SMILES string of the molecule is Cn1c(SCCCn2c(=O)c3c(ncn3C)n(C)c2=O)nnc1C1CC1. The van der Waals surface area contributed by atoms with Gasteiger partial charge in [0.2, 0.25) is 0 Å². The summed E-state index contributed by atoms with van der Waals surface area (Å²) in [7, 11) is 5.39. The Hall–Kier alpha value is -2.36. The number of aromatic nitrogens is 7. The van der Waals surface area contributed by atoms with E-state index in [-0.39, 0.29) is 11.2 Å². The van der Waals surface area contributed by atoms with E-state index in [9.17, 15) is 9.59 Å². The average molecular weight is 375 g/mol. The number of imidazole rings is 1. The van der Waals surface area contributed by atoms with E-state index in [4.69, 9.17) is 0 Å². The lowest BCUT2D eigenvalue weighted by Gasteiger charge is -2.08. The Morgan fingerprint density at radius 2 is 1.92 bits per heavy atom. The topological polar surface area (TPSA) is 92.5 Å². The van der Waals surface area contributed by atoms with Crippen molar-refractivity contribution in [2.45, 2.75) is 36.9 Å². The van der Waals surface area contributed by atoms with E-state index in [2.05, 4.69) is 19.7 Å². The van der Waals surface area contributed by atoms with Crippen LogP contribution in [0.3, 0.4) is 0 Å². The van der Waals surface area contributed by atoms with E-state index in [1.807, 2.05) is 7.05 Å². The highest BCUT2D eigenvalue weighted by Crippen LogP contribution is 2.39. The minimum atomic E-state index is -0.333. The van der Waals surface area contributed by atoms with E-state index >= 15 is 0 Å². The van der Waals surface area contributed by atoms with Crippen LogP contribution in [-0.2, 0) is 27.7 Å². The molecule has 3 aromatic rings. The minimum absolute atomic E-state index is 0.289. The highest BCUT2D eigenvalue weighted by atomic mass is 32.2. The lowest BCUT2D eigenvalue weighted by Crippen LogP contribution is -2.39. The van der Waals surface area contributed by atoms with E-state index < -0.39 is 0 Å². The molecule has 0 aromatic carbocycles. The summed E-state index contributed by atoms with van der Waals surface area (Å²) in [4.78, 5) is 29.2. The number of rotatable bonds is 6. The van der Waals surface area contributed by atoms with Crippen LogP contribution >= 0.6 is 11.8 Å². The molecular formula is C16H21N7O2S. The van der Waals surface area contributed by atoms with Gasteiger partial charge in [-0.1, -0.05) is 11.8 Å². The van der Waals surface area contributed by atoms with Crippen LogP contribution in [0.1, 0.15) is 31.0 Å². The second kappa shape index (κ2) is 6.42. The maximum Gasteiger partial charge on any atom is 0.332 e. The summed E-state index contributed by atoms with van der Waals surface area (Å²) < 4.78 is 6.42. The zero-order valence-corrected chi connectivity index (χ0v) is 15.9. The molecule has 0 amide bonds. The van der Waals surface area contributed by atoms with Gasteiger partial charge in [-0.2, -0.15) is 0 Å². The Morgan fingerprint density at radius 3 is 2.65 bits per heavy atom. The fraction of sp³-hybridized carbons (Fsp3) is 0.562. The largest absolute Gasteiger partial charge is 0.332 e. The molecule has 0 atom stereocenters. The Labute approximate surface area is 153 Å². The first-order valence-electron chi connectivity index (χ1n) is 8.62. The number of fused-ring (bicyclic) bond motifs is 1. The first-order valence-corrected chi connectivity index (χ1v) is 9.60. The van der Waals surface area contributed by atoms with Gasteiger partial charge in [0.05, 0.1) is 6.33 Å². The Balaban J connectivity index is 1.47. The summed E-state index contributed by atoms with van der Waals surface area (Å²) in [6, 6.07) is 0. The number of nitrogens with zero attached hydrogens (tertiary/aromatic N) is 7. The molecule has 9 nitrogen and oxygen atoms in total. The van der Waals surface area contributed by atoms with Crippen LogP contribution in [0.15, 0.2) is 21.1 Å². The minimum Gasteiger partial charge on any atom is -0.328 e. The number of thioether (sulfide) groups is 1. The first-order chi connectivity index (χ1) is 12.5. The molecule has 1 aliphatic rings. The van der Waals surface area contributed by atoms with Crippen LogP contribution in [0.4, 0.5) is 0 Å². The maximum atomic E-state index is 12.6. The molecule has 0 N–H and O–H groups in total. The van der Waals surface area contributed by atoms with Crippen molar-refractivity contribution < 1.29 is 0 Å². The van der Waals surface area contributed by atoms with Crippen molar-refractivity contribution in [2.75, 3.05) is 5.75 Å². The van der Waals surface area contributed by atoms with E-state index in [1.54, 1.807) is 36.8 Å². The smallest absolute Gasteiger partial charge is 0.328 e. The molecule has 0 spiro atoms. The molecule has 10 heteroatoms. The Kier molecular flexibility index (Phi) is 4.22. The summed E-state index contributed by atoms with van der Waals surface area (Å²) in [5.74, 6) is 2.38. The molecule has 0 radical (unpaired) electrons. The van der Waals surface area contributed by atoms with Gasteiger partial charge in [0.25, 0.3) is 5.56 Å². The molecule has 4 rings (SSSR count).